The average molecular weight is 291 g/mol. The fourth-order valence-electron chi connectivity index (χ4n) is 2.29. The minimum Gasteiger partial charge on any atom is -0.507 e. The van der Waals surface area contributed by atoms with Crippen LogP contribution in [0.5, 0.6) is 5.75 Å². The van der Waals surface area contributed by atoms with Gasteiger partial charge in [-0.25, -0.2) is 4.39 Å². The van der Waals surface area contributed by atoms with E-state index in [0.29, 0.717) is 28.3 Å². The summed E-state index contributed by atoms with van der Waals surface area (Å²) in [6.07, 6.45) is 0.495. The number of hydrogen-bond acceptors (Lipinski definition) is 3. The van der Waals surface area contributed by atoms with Crippen LogP contribution in [0.1, 0.15) is 23.6 Å². The molecule has 3 nitrogen and oxygen atoms in total. The lowest BCUT2D eigenvalue weighted by Gasteiger charge is -2.11. The smallest absolute Gasteiger partial charge is 0.128 e. The van der Waals surface area contributed by atoms with E-state index in [9.17, 15) is 9.50 Å². The van der Waals surface area contributed by atoms with Crippen LogP contribution in [0, 0.1) is 5.82 Å². The molecule has 20 heavy (non-hydrogen) atoms. The number of halogens is 2. The second-order valence-electron chi connectivity index (χ2n) is 4.63. The summed E-state index contributed by atoms with van der Waals surface area (Å²) in [5, 5.41) is 14.6. The van der Waals surface area contributed by atoms with Crippen LogP contribution in [0.25, 0.3) is 0 Å². The van der Waals surface area contributed by atoms with Gasteiger partial charge < -0.3 is 10.5 Å². The number of phenolic OH excluding ortho intramolecular Hbond substituents is 1. The Morgan fingerprint density at radius 1 is 1.25 bits per heavy atom. The number of hydrogen-bond donors (Lipinski definition) is 2. The number of aromatic hydroxyl groups is 1. The maximum absolute atomic E-state index is 13.8. The molecular formula is C15H12ClFN2O. The van der Waals surface area contributed by atoms with Gasteiger partial charge in [-0.3, -0.25) is 0 Å². The first-order chi connectivity index (χ1) is 9.65. The summed E-state index contributed by atoms with van der Waals surface area (Å²) in [6.45, 7) is 0. The second-order valence-corrected chi connectivity index (χ2v) is 5.06. The second kappa shape index (κ2) is 5.13. The molecule has 102 valence electrons. The van der Waals surface area contributed by atoms with Crippen LogP contribution in [-0.2, 0) is 0 Å². The van der Waals surface area contributed by atoms with E-state index in [1.807, 2.05) is 0 Å². The predicted molar refractivity (Wildman–Crippen MR) is 76.5 cm³/mol. The van der Waals surface area contributed by atoms with Crippen molar-refractivity contribution < 1.29 is 9.50 Å². The van der Waals surface area contributed by atoms with Crippen molar-refractivity contribution in [3.8, 4) is 5.75 Å². The normalized spacial score (nSPS) is 17.7. The summed E-state index contributed by atoms with van der Waals surface area (Å²) >= 11 is 5.93. The quantitative estimate of drug-likeness (QED) is 0.887. The van der Waals surface area contributed by atoms with Gasteiger partial charge in [0.25, 0.3) is 0 Å². The Morgan fingerprint density at radius 2 is 2.05 bits per heavy atom. The van der Waals surface area contributed by atoms with Gasteiger partial charge in [0.05, 0.1) is 11.8 Å². The van der Waals surface area contributed by atoms with E-state index in [1.54, 1.807) is 30.3 Å². The van der Waals surface area contributed by atoms with Crippen LogP contribution in [-0.4, -0.2) is 10.8 Å². The molecule has 1 aliphatic heterocycles. The summed E-state index contributed by atoms with van der Waals surface area (Å²) in [4.78, 5) is 0. The molecule has 0 spiro atoms. The molecule has 0 fully saturated rings. The monoisotopic (exact) mass is 290 g/mol. The molecule has 1 heterocycles. The molecule has 2 aromatic rings. The van der Waals surface area contributed by atoms with Gasteiger partial charge in [0.2, 0.25) is 0 Å². The first-order valence-electron chi connectivity index (χ1n) is 6.20. The topological polar surface area (TPSA) is 44.6 Å². The van der Waals surface area contributed by atoms with Crippen LogP contribution in [0.2, 0.25) is 5.02 Å². The van der Waals surface area contributed by atoms with Crippen molar-refractivity contribution >= 4 is 17.3 Å². The lowest BCUT2D eigenvalue weighted by atomic mass is 9.98. The number of phenols is 1. The van der Waals surface area contributed by atoms with Crippen molar-refractivity contribution in [3.63, 3.8) is 0 Å². The lowest BCUT2D eigenvalue weighted by Crippen LogP contribution is -2.11. The Bertz CT molecular complexity index is 687. The maximum atomic E-state index is 13.8. The van der Waals surface area contributed by atoms with Gasteiger partial charge in [0.15, 0.2) is 0 Å². The number of hydrazone groups is 1. The summed E-state index contributed by atoms with van der Waals surface area (Å²) in [6, 6.07) is 11.1. The predicted octanol–water partition coefficient (Wildman–Crippen LogP) is 3.62. The molecule has 3 rings (SSSR count). The molecule has 1 atom stereocenters. The van der Waals surface area contributed by atoms with Crippen LogP contribution >= 0.6 is 11.6 Å². The Hall–Kier alpha value is -2.07. The van der Waals surface area contributed by atoms with Crippen LogP contribution in [0.15, 0.2) is 47.6 Å². The lowest BCUT2D eigenvalue weighted by molar-refractivity contribution is 0.474. The number of benzene rings is 2. The van der Waals surface area contributed by atoms with Gasteiger partial charge >= 0.3 is 0 Å². The molecule has 0 radical (unpaired) electrons. The largest absolute Gasteiger partial charge is 0.507 e. The molecule has 0 saturated heterocycles. The van der Waals surface area contributed by atoms with E-state index >= 15 is 0 Å². The van der Waals surface area contributed by atoms with Crippen molar-refractivity contribution in [1.29, 1.82) is 0 Å². The Morgan fingerprint density at radius 3 is 2.85 bits per heavy atom. The molecule has 0 unspecified atom stereocenters. The third kappa shape index (κ3) is 2.34. The van der Waals surface area contributed by atoms with Gasteiger partial charge in [-0.05, 0) is 24.3 Å². The van der Waals surface area contributed by atoms with Crippen molar-refractivity contribution in [3.05, 3.63) is 64.4 Å². The van der Waals surface area contributed by atoms with E-state index in [4.69, 9.17) is 11.6 Å². The first-order valence-corrected chi connectivity index (χ1v) is 6.58. The van der Waals surface area contributed by atoms with Gasteiger partial charge in [-0.2, -0.15) is 5.10 Å². The minimum absolute atomic E-state index is 0.115. The fraction of sp³-hybridized carbons (Fsp3) is 0.133. The van der Waals surface area contributed by atoms with Gasteiger partial charge in [0, 0.05) is 22.6 Å². The highest BCUT2D eigenvalue weighted by Crippen LogP contribution is 2.30. The molecule has 5 heteroatoms. The molecule has 0 amide bonds. The molecule has 0 saturated carbocycles. The third-order valence-corrected chi connectivity index (χ3v) is 3.54. The Labute approximate surface area is 120 Å². The van der Waals surface area contributed by atoms with Crippen LogP contribution in [0.4, 0.5) is 4.39 Å². The highest BCUT2D eigenvalue weighted by molar-refractivity contribution is 6.31. The van der Waals surface area contributed by atoms with Crippen molar-refractivity contribution in [1.82, 2.24) is 5.43 Å². The molecule has 0 aliphatic carbocycles. The van der Waals surface area contributed by atoms with Gasteiger partial charge in [0.1, 0.15) is 11.6 Å². The number of nitrogens with zero attached hydrogens (tertiary/aromatic N) is 1. The highest BCUT2D eigenvalue weighted by atomic mass is 35.5. The van der Waals surface area contributed by atoms with Gasteiger partial charge in [-0.1, -0.05) is 29.8 Å². The van der Waals surface area contributed by atoms with E-state index in [-0.39, 0.29) is 17.6 Å². The summed E-state index contributed by atoms with van der Waals surface area (Å²) in [5.41, 5.74) is 4.70. The number of nitrogens with one attached hydrogen (secondary N) is 1. The zero-order chi connectivity index (χ0) is 14.1. The SMILES string of the molecule is Oc1ccc(Cl)cc1C1=NN[C@H](c2ccccc2F)C1. The zero-order valence-corrected chi connectivity index (χ0v) is 11.2. The standard InChI is InChI=1S/C15H12ClFN2O/c16-9-5-6-15(20)11(7-9)14-8-13(18-19-14)10-3-1-2-4-12(10)17/h1-7,13,18,20H,8H2/t13-/m0/s1. The van der Waals surface area contributed by atoms with E-state index in [1.165, 1.54) is 12.1 Å². The summed E-state index contributed by atoms with van der Waals surface area (Å²) in [5.74, 6) is -0.152. The highest BCUT2D eigenvalue weighted by Gasteiger charge is 2.24. The Balaban J connectivity index is 1.86. The first kappa shape index (κ1) is 12.9. The zero-order valence-electron chi connectivity index (χ0n) is 10.5. The summed E-state index contributed by atoms with van der Waals surface area (Å²) in [7, 11) is 0. The van der Waals surface area contributed by atoms with E-state index in [0.717, 1.165) is 0 Å². The van der Waals surface area contributed by atoms with Crippen molar-refractivity contribution in [2.24, 2.45) is 5.10 Å². The van der Waals surface area contributed by atoms with Crippen molar-refractivity contribution in [2.75, 3.05) is 0 Å². The van der Waals surface area contributed by atoms with Crippen LogP contribution < -0.4 is 5.43 Å². The summed E-state index contributed by atoms with van der Waals surface area (Å²) < 4.78 is 13.8. The van der Waals surface area contributed by atoms with Crippen molar-refractivity contribution in [2.45, 2.75) is 12.5 Å². The molecule has 1 aliphatic rings. The fourth-order valence-corrected chi connectivity index (χ4v) is 2.46. The molecule has 2 aromatic carbocycles. The average Bonchev–Trinajstić information content (AvgIpc) is 2.91. The molecule has 2 N–H and O–H groups in total. The van der Waals surface area contributed by atoms with E-state index in [2.05, 4.69) is 10.5 Å². The van der Waals surface area contributed by atoms with Gasteiger partial charge in [-0.15, -0.1) is 0 Å². The third-order valence-electron chi connectivity index (χ3n) is 3.30. The maximum Gasteiger partial charge on any atom is 0.128 e. The Kier molecular flexibility index (Phi) is 3.32. The molecule has 0 bridgehead atoms. The minimum atomic E-state index is -0.267. The molecular weight excluding hydrogens is 279 g/mol. The number of rotatable bonds is 2. The van der Waals surface area contributed by atoms with E-state index < -0.39 is 0 Å². The molecule has 0 aromatic heterocycles. The van der Waals surface area contributed by atoms with Crippen LogP contribution in [0.3, 0.4) is 0 Å².